The molecule has 0 amide bonds. The van der Waals surface area contributed by atoms with Crippen LogP contribution in [0.3, 0.4) is 0 Å². The van der Waals surface area contributed by atoms with E-state index in [1.165, 1.54) is 0 Å². The van der Waals surface area contributed by atoms with E-state index in [9.17, 15) is 9.59 Å². The van der Waals surface area contributed by atoms with Crippen molar-refractivity contribution in [1.29, 1.82) is 0 Å². The van der Waals surface area contributed by atoms with Gasteiger partial charge in [0.1, 0.15) is 0 Å². The molecule has 8 nitrogen and oxygen atoms in total. The second-order valence-electron chi connectivity index (χ2n) is 1.51. The Labute approximate surface area is 58.5 Å². The molecule has 0 fully saturated rings. The second-order valence-corrected chi connectivity index (χ2v) is 1.51. The Bertz CT molecular complexity index is 380. The molecule has 0 aromatic carbocycles. The van der Waals surface area contributed by atoms with Gasteiger partial charge >= 0.3 is 11.4 Å². The molecule has 11 heavy (non-hydrogen) atoms. The first-order valence-electron chi connectivity index (χ1n) is 2.48. The van der Waals surface area contributed by atoms with E-state index >= 15 is 0 Å². The molecule has 1 aromatic heterocycles. The molecule has 0 unspecified atom stereocenters. The summed E-state index contributed by atoms with van der Waals surface area (Å²) in [5.41, 5.74) is 6.28. The predicted molar refractivity (Wildman–Crippen MR) is 34.3 cm³/mol. The van der Waals surface area contributed by atoms with E-state index < -0.39 is 11.4 Å². The van der Waals surface area contributed by atoms with Gasteiger partial charge in [-0.3, -0.25) is 9.97 Å². The first kappa shape index (κ1) is 7.03. The van der Waals surface area contributed by atoms with Crippen LogP contribution in [-0.2, 0) is 0 Å². The van der Waals surface area contributed by atoms with Crippen molar-refractivity contribution in [3.8, 4) is 0 Å². The third-order valence-electron chi connectivity index (χ3n) is 0.793. The Kier molecular flexibility index (Phi) is 1.71. The zero-order chi connectivity index (χ0) is 8.27. The zero-order valence-corrected chi connectivity index (χ0v) is 5.11. The third-order valence-corrected chi connectivity index (χ3v) is 0.793. The van der Waals surface area contributed by atoms with E-state index in [1.54, 1.807) is 0 Å². The molecular formula is C3H2N6O2. The van der Waals surface area contributed by atoms with Gasteiger partial charge in [0.05, 0.1) is 0 Å². The summed E-state index contributed by atoms with van der Waals surface area (Å²) in [6.07, 6.45) is 0. The lowest BCUT2D eigenvalue weighted by Crippen LogP contribution is -2.23. The van der Waals surface area contributed by atoms with E-state index in [-0.39, 0.29) is 5.95 Å². The molecule has 0 radical (unpaired) electrons. The monoisotopic (exact) mass is 154 g/mol. The molecule has 56 valence electrons. The molecule has 0 saturated heterocycles. The summed E-state index contributed by atoms with van der Waals surface area (Å²) in [6.45, 7) is 0. The van der Waals surface area contributed by atoms with Crippen LogP contribution in [0.25, 0.3) is 10.4 Å². The Balaban J connectivity index is 3.41. The van der Waals surface area contributed by atoms with Crippen LogP contribution in [-0.4, -0.2) is 15.0 Å². The van der Waals surface area contributed by atoms with Crippen molar-refractivity contribution in [2.24, 2.45) is 5.11 Å². The predicted octanol–water partition coefficient (Wildman–Crippen LogP) is -0.600. The first-order chi connectivity index (χ1) is 5.22. The standard InChI is InChI=1S/C3H2N6O2/c4-9-8-1-5-2(10)7-3(11)6-1/h(H2,5,6,7,10,11). The molecular weight excluding hydrogens is 152 g/mol. The average Bonchev–Trinajstić information content (AvgIpc) is 1.85. The van der Waals surface area contributed by atoms with Crippen molar-refractivity contribution < 1.29 is 0 Å². The highest BCUT2D eigenvalue weighted by molar-refractivity contribution is 5.08. The lowest BCUT2D eigenvalue weighted by Gasteiger charge is -1.84. The van der Waals surface area contributed by atoms with Gasteiger partial charge in [0, 0.05) is 4.91 Å². The van der Waals surface area contributed by atoms with Crippen molar-refractivity contribution in [2.45, 2.75) is 0 Å². The van der Waals surface area contributed by atoms with Gasteiger partial charge in [0.25, 0.3) is 0 Å². The third kappa shape index (κ3) is 1.66. The van der Waals surface area contributed by atoms with Crippen LogP contribution in [0.4, 0.5) is 5.95 Å². The molecule has 0 aliphatic heterocycles. The number of hydrogen-bond acceptors (Lipinski definition) is 4. The highest BCUT2D eigenvalue weighted by Gasteiger charge is 1.92. The Hall–Kier alpha value is -2.08. The van der Waals surface area contributed by atoms with Gasteiger partial charge in [0.2, 0.25) is 5.95 Å². The van der Waals surface area contributed by atoms with Gasteiger partial charge in [-0.25, -0.2) is 9.59 Å². The molecule has 0 bridgehead atoms. The molecule has 1 aromatic rings. The summed E-state index contributed by atoms with van der Waals surface area (Å²) < 4.78 is 0. The molecule has 8 heteroatoms. The van der Waals surface area contributed by atoms with Crippen molar-refractivity contribution in [3.63, 3.8) is 0 Å². The number of H-pyrrole nitrogens is 2. The summed E-state index contributed by atoms with van der Waals surface area (Å²) >= 11 is 0. The highest BCUT2D eigenvalue weighted by Crippen LogP contribution is 1.92. The van der Waals surface area contributed by atoms with Gasteiger partial charge < -0.3 is 0 Å². The minimum Gasteiger partial charge on any atom is -0.290 e. The molecule has 0 atom stereocenters. The Morgan fingerprint density at radius 2 is 2.18 bits per heavy atom. The van der Waals surface area contributed by atoms with Crippen LogP contribution in [0, 0.1) is 0 Å². The maximum atomic E-state index is 10.5. The summed E-state index contributed by atoms with van der Waals surface area (Å²) in [4.78, 5) is 30.1. The number of aromatic nitrogens is 3. The average molecular weight is 154 g/mol. The fourth-order valence-electron chi connectivity index (χ4n) is 0.472. The zero-order valence-electron chi connectivity index (χ0n) is 5.11. The summed E-state index contributed by atoms with van der Waals surface area (Å²) in [7, 11) is 0. The quantitative estimate of drug-likeness (QED) is 0.318. The van der Waals surface area contributed by atoms with Gasteiger partial charge in [-0.05, 0) is 10.6 Å². The fourth-order valence-corrected chi connectivity index (χ4v) is 0.472. The largest absolute Gasteiger partial charge is 0.350 e. The Morgan fingerprint density at radius 1 is 1.45 bits per heavy atom. The van der Waals surface area contributed by atoms with Crippen LogP contribution in [0.1, 0.15) is 0 Å². The number of nitrogens with zero attached hydrogens (tertiary/aromatic N) is 4. The van der Waals surface area contributed by atoms with E-state index in [0.29, 0.717) is 0 Å². The van der Waals surface area contributed by atoms with E-state index in [0.717, 1.165) is 0 Å². The summed E-state index contributed by atoms with van der Waals surface area (Å²) in [6, 6.07) is 0. The van der Waals surface area contributed by atoms with Crippen molar-refractivity contribution in [3.05, 3.63) is 31.4 Å². The van der Waals surface area contributed by atoms with E-state index in [4.69, 9.17) is 5.53 Å². The summed E-state index contributed by atoms with van der Waals surface area (Å²) in [5.74, 6) is -0.346. The van der Waals surface area contributed by atoms with Crippen molar-refractivity contribution in [1.82, 2.24) is 15.0 Å². The molecule has 2 N–H and O–H groups in total. The molecule has 0 spiro atoms. The number of hydrogen-bond donors (Lipinski definition) is 2. The smallest absolute Gasteiger partial charge is 0.290 e. The van der Waals surface area contributed by atoms with E-state index in [2.05, 4.69) is 15.0 Å². The molecule has 0 aliphatic carbocycles. The van der Waals surface area contributed by atoms with Crippen LogP contribution >= 0.6 is 0 Å². The van der Waals surface area contributed by atoms with Crippen LogP contribution in [0.15, 0.2) is 14.7 Å². The minimum atomic E-state index is -0.851. The van der Waals surface area contributed by atoms with Gasteiger partial charge in [-0.1, -0.05) is 0 Å². The molecule has 1 heterocycles. The number of rotatable bonds is 1. The van der Waals surface area contributed by atoms with E-state index in [1.807, 2.05) is 9.97 Å². The van der Waals surface area contributed by atoms with Crippen molar-refractivity contribution in [2.75, 3.05) is 0 Å². The van der Waals surface area contributed by atoms with Crippen molar-refractivity contribution >= 4 is 5.95 Å². The number of azide groups is 1. The van der Waals surface area contributed by atoms with Gasteiger partial charge in [0.15, 0.2) is 0 Å². The topological polar surface area (TPSA) is 127 Å². The molecule has 0 aliphatic rings. The van der Waals surface area contributed by atoms with Crippen LogP contribution < -0.4 is 11.4 Å². The van der Waals surface area contributed by atoms with Gasteiger partial charge in [-0.2, -0.15) is 4.98 Å². The fraction of sp³-hybridized carbons (Fsp3) is 0. The highest BCUT2D eigenvalue weighted by atomic mass is 16.2. The minimum absolute atomic E-state index is 0.346. The van der Waals surface area contributed by atoms with Crippen LogP contribution in [0.5, 0.6) is 0 Å². The lowest BCUT2D eigenvalue weighted by molar-refractivity contribution is 0.927. The number of nitrogens with one attached hydrogen (secondary N) is 2. The molecule has 0 saturated carbocycles. The van der Waals surface area contributed by atoms with Crippen LogP contribution in [0.2, 0.25) is 0 Å². The molecule has 1 rings (SSSR count). The number of aromatic amines is 2. The first-order valence-corrected chi connectivity index (χ1v) is 2.48. The SMILES string of the molecule is [N-]=[N+]=Nc1nc(=O)[nH]c(=O)[nH]1. The lowest BCUT2D eigenvalue weighted by atomic mass is 10.9. The summed E-state index contributed by atoms with van der Waals surface area (Å²) in [5, 5.41) is 2.92. The van der Waals surface area contributed by atoms with Gasteiger partial charge in [-0.15, -0.1) is 0 Å². The second kappa shape index (κ2) is 2.67. The normalized spacial score (nSPS) is 8.73. The maximum Gasteiger partial charge on any atom is 0.350 e. The maximum absolute atomic E-state index is 10.5. The Morgan fingerprint density at radius 3 is 2.73 bits per heavy atom.